The van der Waals surface area contributed by atoms with Crippen LogP contribution in [-0.4, -0.2) is 59.7 Å². The third-order valence-corrected chi connectivity index (χ3v) is 4.55. The average Bonchev–Trinajstić information content (AvgIpc) is 2.60. The summed E-state index contributed by atoms with van der Waals surface area (Å²) in [5.74, 6) is -0.892. The molecule has 2 aliphatic rings. The van der Waals surface area contributed by atoms with Gasteiger partial charge < -0.3 is 14.9 Å². The number of carbonyl (C=O) groups excluding carboxylic acids is 3. The summed E-state index contributed by atoms with van der Waals surface area (Å²) >= 11 is 6.12. The van der Waals surface area contributed by atoms with E-state index in [1.165, 1.54) is 0 Å². The first-order chi connectivity index (χ1) is 12.0. The van der Waals surface area contributed by atoms with E-state index in [9.17, 15) is 19.5 Å². The fourth-order valence-electron chi connectivity index (χ4n) is 2.84. The van der Waals surface area contributed by atoms with E-state index in [1.54, 1.807) is 17.0 Å². The van der Waals surface area contributed by atoms with Gasteiger partial charge in [0.25, 0.3) is 5.91 Å². The van der Waals surface area contributed by atoms with Crippen LogP contribution in [0.4, 0.5) is 10.5 Å². The average molecular weight is 365 g/mol. The summed E-state index contributed by atoms with van der Waals surface area (Å²) in [6, 6.07) is 4.65. The summed E-state index contributed by atoms with van der Waals surface area (Å²) in [5.41, 5.74) is 1.56. The van der Waals surface area contributed by atoms with Crippen molar-refractivity contribution in [2.75, 3.05) is 31.1 Å². The van der Waals surface area contributed by atoms with Crippen LogP contribution in [0.2, 0.25) is 5.02 Å². The van der Waals surface area contributed by atoms with E-state index in [0.29, 0.717) is 36.8 Å². The fourth-order valence-corrected chi connectivity index (χ4v) is 3.07. The second-order valence-corrected chi connectivity index (χ2v) is 6.21. The van der Waals surface area contributed by atoms with Crippen LogP contribution in [0.15, 0.2) is 23.2 Å². The number of aliphatic hydroxyl groups excluding tert-OH is 1. The molecule has 2 heterocycles. The summed E-state index contributed by atoms with van der Waals surface area (Å²) < 4.78 is 0. The second-order valence-electron chi connectivity index (χ2n) is 5.80. The van der Waals surface area contributed by atoms with Crippen molar-refractivity contribution in [1.82, 2.24) is 10.2 Å². The molecule has 1 saturated heterocycles. The second kappa shape index (κ2) is 7.20. The molecule has 1 aromatic carbocycles. The molecule has 25 heavy (non-hydrogen) atoms. The molecular weight excluding hydrogens is 348 g/mol. The first-order valence-corrected chi connectivity index (χ1v) is 8.20. The van der Waals surface area contributed by atoms with Crippen LogP contribution in [0.25, 0.3) is 0 Å². The van der Waals surface area contributed by atoms with Crippen molar-refractivity contribution in [2.24, 2.45) is 4.99 Å². The quantitative estimate of drug-likeness (QED) is 0.816. The number of aliphatic hydroxyl groups is 1. The van der Waals surface area contributed by atoms with Gasteiger partial charge in [0, 0.05) is 36.9 Å². The SMILES string of the molecule is O=C1CC(C(=O)N2CCN(c3ccc(CO)c(Cl)c3)CC2)=NC(=O)N1. The number of imide groups is 1. The molecular formula is C16H17ClN4O4. The number of benzene rings is 1. The Bertz CT molecular complexity index is 757. The van der Waals surface area contributed by atoms with E-state index in [2.05, 4.69) is 9.89 Å². The predicted octanol–water partition coefficient (Wildman–Crippen LogP) is 0.562. The lowest BCUT2D eigenvalue weighted by Gasteiger charge is -2.36. The van der Waals surface area contributed by atoms with E-state index >= 15 is 0 Å². The van der Waals surface area contributed by atoms with Crippen molar-refractivity contribution in [3.63, 3.8) is 0 Å². The number of urea groups is 1. The van der Waals surface area contributed by atoms with E-state index in [0.717, 1.165) is 5.69 Å². The number of amides is 4. The lowest BCUT2D eigenvalue weighted by molar-refractivity contribution is -0.126. The molecule has 0 aliphatic carbocycles. The molecule has 9 heteroatoms. The van der Waals surface area contributed by atoms with Crippen LogP contribution in [0, 0.1) is 0 Å². The van der Waals surface area contributed by atoms with Crippen LogP contribution in [0.5, 0.6) is 0 Å². The molecule has 0 spiro atoms. The Morgan fingerprint density at radius 1 is 1.24 bits per heavy atom. The Labute approximate surface area is 149 Å². The molecule has 132 valence electrons. The molecule has 0 unspecified atom stereocenters. The molecule has 0 saturated carbocycles. The monoisotopic (exact) mass is 364 g/mol. The van der Waals surface area contributed by atoms with Crippen molar-refractivity contribution in [2.45, 2.75) is 13.0 Å². The highest BCUT2D eigenvalue weighted by Crippen LogP contribution is 2.24. The number of carbonyl (C=O) groups is 3. The van der Waals surface area contributed by atoms with Crippen LogP contribution < -0.4 is 10.2 Å². The minimum absolute atomic E-state index is 0.0162. The van der Waals surface area contributed by atoms with Crippen molar-refractivity contribution in [3.05, 3.63) is 28.8 Å². The standard InChI is InChI=1S/C16H17ClN4O4/c17-12-7-11(2-1-10(12)9-22)20-3-5-21(6-4-20)15(24)13-8-14(23)19-16(25)18-13/h1-2,7,22H,3-6,8-9H2,(H,19,23,25). The molecule has 0 atom stereocenters. The molecule has 1 aromatic rings. The smallest absolute Gasteiger partial charge is 0.348 e. The van der Waals surface area contributed by atoms with Crippen LogP contribution >= 0.6 is 11.6 Å². The van der Waals surface area contributed by atoms with Gasteiger partial charge in [0.2, 0.25) is 5.91 Å². The van der Waals surface area contributed by atoms with E-state index < -0.39 is 11.9 Å². The van der Waals surface area contributed by atoms with Gasteiger partial charge in [-0.05, 0) is 17.7 Å². The van der Waals surface area contributed by atoms with Crippen LogP contribution in [0.1, 0.15) is 12.0 Å². The molecule has 0 radical (unpaired) electrons. The Kier molecular flexibility index (Phi) is 5.00. The third kappa shape index (κ3) is 3.80. The molecule has 3 rings (SSSR count). The number of halogens is 1. The molecule has 4 amide bonds. The maximum atomic E-state index is 12.4. The fraction of sp³-hybridized carbons (Fsp3) is 0.375. The lowest BCUT2D eigenvalue weighted by Crippen LogP contribution is -2.52. The van der Waals surface area contributed by atoms with Gasteiger partial charge in [-0.25, -0.2) is 4.79 Å². The molecule has 0 aromatic heterocycles. The van der Waals surface area contributed by atoms with Gasteiger partial charge in [-0.1, -0.05) is 17.7 Å². The highest BCUT2D eigenvalue weighted by molar-refractivity contribution is 6.44. The van der Waals surface area contributed by atoms with Crippen molar-refractivity contribution in [3.8, 4) is 0 Å². The molecule has 1 fully saturated rings. The van der Waals surface area contributed by atoms with Gasteiger partial charge in [-0.2, -0.15) is 4.99 Å². The van der Waals surface area contributed by atoms with Gasteiger partial charge >= 0.3 is 6.03 Å². The Balaban J connectivity index is 1.64. The minimum atomic E-state index is -0.795. The highest BCUT2D eigenvalue weighted by atomic mass is 35.5. The highest BCUT2D eigenvalue weighted by Gasteiger charge is 2.29. The van der Waals surface area contributed by atoms with Gasteiger partial charge in [-0.15, -0.1) is 0 Å². The zero-order chi connectivity index (χ0) is 18.0. The third-order valence-electron chi connectivity index (χ3n) is 4.20. The first kappa shape index (κ1) is 17.4. The summed E-state index contributed by atoms with van der Waals surface area (Å²) in [6.07, 6.45) is -0.178. The molecule has 8 nitrogen and oxygen atoms in total. The number of hydrogen-bond donors (Lipinski definition) is 2. The lowest BCUT2D eigenvalue weighted by atomic mass is 10.1. The number of nitrogens with zero attached hydrogens (tertiary/aromatic N) is 3. The maximum absolute atomic E-state index is 12.4. The molecule has 2 N–H and O–H groups in total. The van der Waals surface area contributed by atoms with Crippen LogP contribution in [0.3, 0.4) is 0 Å². The number of anilines is 1. The summed E-state index contributed by atoms with van der Waals surface area (Å²) in [7, 11) is 0. The van der Waals surface area contributed by atoms with E-state index in [-0.39, 0.29) is 24.6 Å². The number of rotatable bonds is 3. The number of aliphatic imine (C=N–C) groups is 1. The van der Waals surface area contributed by atoms with Gasteiger partial charge in [0.1, 0.15) is 5.71 Å². The van der Waals surface area contributed by atoms with Crippen molar-refractivity contribution in [1.29, 1.82) is 0 Å². The summed E-state index contributed by atoms with van der Waals surface area (Å²) in [4.78, 5) is 42.3. The van der Waals surface area contributed by atoms with Gasteiger partial charge in [-0.3, -0.25) is 14.9 Å². The number of nitrogens with one attached hydrogen (secondary N) is 1. The van der Waals surface area contributed by atoms with Crippen LogP contribution in [-0.2, 0) is 16.2 Å². The zero-order valence-electron chi connectivity index (χ0n) is 13.4. The normalized spacial score (nSPS) is 18.1. The predicted molar refractivity (Wildman–Crippen MR) is 91.8 cm³/mol. The Morgan fingerprint density at radius 2 is 1.96 bits per heavy atom. The Morgan fingerprint density at radius 3 is 2.56 bits per heavy atom. The van der Waals surface area contributed by atoms with E-state index in [4.69, 9.17) is 11.6 Å². The van der Waals surface area contributed by atoms with E-state index in [1.807, 2.05) is 11.4 Å². The molecule has 2 aliphatic heterocycles. The van der Waals surface area contributed by atoms with Gasteiger partial charge in [0.05, 0.1) is 13.0 Å². The Hall–Kier alpha value is -2.45. The number of hydrogen-bond acceptors (Lipinski definition) is 5. The largest absolute Gasteiger partial charge is 0.392 e. The molecule has 0 bridgehead atoms. The van der Waals surface area contributed by atoms with Gasteiger partial charge in [0.15, 0.2) is 0 Å². The first-order valence-electron chi connectivity index (χ1n) is 7.83. The maximum Gasteiger partial charge on any atom is 0.348 e. The summed E-state index contributed by atoms with van der Waals surface area (Å²) in [5, 5.41) is 11.7. The topological polar surface area (TPSA) is 102 Å². The zero-order valence-corrected chi connectivity index (χ0v) is 14.1. The van der Waals surface area contributed by atoms with Crippen molar-refractivity contribution >= 4 is 40.8 Å². The summed E-state index contributed by atoms with van der Waals surface area (Å²) in [6.45, 7) is 1.97. The number of piperazine rings is 1. The minimum Gasteiger partial charge on any atom is -0.392 e. The van der Waals surface area contributed by atoms with Crippen molar-refractivity contribution < 1.29 is 19.5 Å².